The molecule has 2 aliphatic heterocycles. The van der Waals surface area contributed by atoms with Crippen molar-refractivity contribution >= 4 is 27.3 Å². The molecular formula is C26H33FN2O4S. The number of carbonyl (C=O) groups is 1. The Morgan fingerprint density at radius 2 is 1.79 bits per heavy atom. The third-order valence-corrected chi connectivity index (χ3v) is 8.36. The minimum Gasteiger partial charge on any atom is -0.381 e. The van der Waals surface area contributed by atoms with Crippen LogP contribution in [0.5, 0.6) is 0 Å². The van der Waals surface area contributed by atoms with Crippen molar-refractivity contribution in [2.75, 3.05) is 35.5 Å². The van der Waals surface area contributed by atoms with E-state index in [4.69, 9.17) is 4.74 Å². The molecule has 2 aromatic rings. The lowest BCUT2D eigenvalue weighted by atomic mass is 9.96. The van der Waals surface area contributed by atoms with Gasteiger partial charge in [0, 0.05) is 38.3 Å². The van der Waals surface area contributed by atoms with E-state index in [0.29, 0.717) is 36.7 Å². The lowest BCUT2D eigenvalue weighted by Crippen LogP contribution is -2.45. The average molecular weight is 489 g/mol. The molecule has 0 N–H and O–H groups in total. The first kappa shape index (κ1) is 24.7. The highest BCUT2D eigenvalue weighted by Crippen LogP contribution is 2.36. The zero-order valence-electron chi connectivity index (χ0n) is 20.1. The summed E-state index contributed by atoms with van der Waals surface area (Å²) in [6, 6.07) is 12.3. The van der Waals surface area contributed by atoms with Crippen LogP contribution in [0.1, 0.15) is 44.7 Å². The molecule has 0 atom stereocenters. The Hall–Kier alpha value is -2.45. The second-order valence-electron chi connectivity index (χ2n) is 9.66. The Bertz CT molecular complexity index is 1140. The van der Waals surface area contributed by atoms with Gasteiger partial charge in [-0.3, -0.25) is 9.10 Å². The van der Waals surface area contributed by atoms with Gasteiger partial charge >= 0.3 is 0 Å². The number of carbonyl (C=O) groups excluding carboxylic acids is 1. The van der Waals surface area contributed by atoms with Gasteiger partial charge in [0.2, 0.25) is 5.91 Å². The summed E-state index contributed by atoms with van der Waals surface area (Å²) in [5.41, 5.74) is 1.47. The van der Waals surface area contributed by atoms with Crippen LogP contribution in [0, 0.1) is 5.92 Å². The Morgan fingerprint density at radius 1 is 1.12 bits per heavy atom. The molecule has 4 rings (SSSR count). The minimum atomic E-state index is -3.85. The quantitative estimate of drug-likeness (QED) is 0.549. The number of benzene rings is 2. The van der Waals surface area contributed by atoms with E-state index in [2.05, 4.69) is 6.92 Å². The number of rotatable bonds is 8. The molecule has 184 valence electrons. The zero-order valence-corrected chi connectivity index (χ0v) is 20.9. The van der Waals surface area contributed by atoms with Crippen LogP contribution < -0.4 is 9.21 Å². The first-order valence-corrected chi connectivity index (χ1v) is 13.4. The van der Waals surface area contributed by atoms with Crippen LogP contribution in [0.4, 0.5) is 15.8 Å². The van der Waals surface area contributed by atoms with Crippen molar-refractivity contribution in [3.8, 4) is 0 Å². The molecule has 34 heavy (non-hydrogen) atoms. The number of aryl methyl sites for hydroxylation is 1. The van der Waals surface area contributed by atoms with E-state index < -0.39 is 15.7 Å². The van der Waals surface area contributed by atoms with Crippen LogP contribution in [0.3, 0.4) is 0 Å². The fourth-order valence-electron chi connectivity index (χ4n) is 4.57. The first-order chi connectivity index (χ1) is 16.1. The van der Waals surface area contributed by atoms with E-state index in [1.165, 1.54) is 15.3 Å². The summed E-state index contributed by atoms with van der Waals surface area (Å²) < 4.78 is 49.4. The maximum Gasteiger partial charge on any atom is 0.264 e. The Labute approximate surface area is 201 Å². The molecule has 1 amide bonds. The van der Waals surface area contributed by atoms with Gasteiger partial charge in [0.05, 0.1) is 23.5 Å². The third kappa shape index (κ3) is 4.98. The van der Waals surface area contributed by atoms with Gasteiger partial charge in [-0.05, 0) is 53.8 Å². The van der Waals surface area contributed by atoms with Gasteiger partial charge in [-0.25, -0.2) is 12.8 Å². The molecule has 0 radical (unpaired) electrons. The number of alkyl halides is 1. The highest BCUT2D eigenvalue weighted by atomic mass is 32.2. The van der Waals surface area contributed by atoms with Crippen molar-refractivity contribution in [1.82, 2.24) is 0 Å². The van der Waals surface area contributed by atoms with Crippen molar-refractivity contribution in [2.45, 2.75) is 57.0 Å². The maximum absolute atomic E-state index is 15.3. The summed E-state index contributed by atoms with van der Waals surface area (Å²) in [5, 5.41) is 0. The fraction of sp³-hybridized carbons (Fsp3) is 0.500. The second-order valence-corrected chi connectivity index (χ2v) is 11.5. The van der Waals surface area contributed by atoms with Crippen molar-refractivity contribution < 1.29 is 22.3 Å². The molecule has 2 aliphatic rings. The van der Waals surface area contributed by atoms with Gasteiger partial charge in [-0.15, -0.1) is 0 Å². The van der Waals surface area contributed by atoms with Crippen molar-refractivity contribution in [2.24, 2.45) is 5.92 Å². The van der Waals surface area contributed by atoms with Crippen LogP contribution in [-0.2, 0) is 32.4 Å². The summed E-state index contributed by atoms with van der Waals surface area (Å²) in [4.78, 5) is 14.3. The highest BCUT2D eigenvalue weighted by molar-refractivity contribution is 7.92. The number of fused-ring (bicyclic) bond motifs is 1. The number of nitrogens with zero attached hydrogens (tertiary/aromatic N) is 2. The van der Waals surface area contributed by atoms with Gasteiger partial charge in [0.15, 0.2) is 0 Å². The molecule has 0 saturated carbocycles. The predicted molar refractivity (Wildman–Crippen MR) is 132 cm³/mol. The number of ether oxygens (including phenoxy) is 1. The summed E-state index contributed by atoms with van der Waals surface area (Å²) >= 11 is 0. The maximum atomic E-state index is 15.3. The second kappa shape index (κ2) is 9.66. The number of anilines is 2. The van der Waals surface area contributed by atoms with Crippen molar-refractivity contribution in [3.63, 3.8) is 0 Å². The lowest BCUT2D eigenvalue weighted by molar-refractivity contribution is -0.118. The number of hydrogen-bond acceptors (Lipinski definition) is 4. The van der Waals surface area contributed by atoms with Gasteiger partial charge in [0.25, 0.3) is 10.0 Å². The van der Waals surface area contributed by atoms with E-state index in [1.807, 2.05) is 38.1 Å². The molecule has 2 aromatic carbocycles. The highest BCUT2D eigenvalue weighted by Gasteiger charge is 2.39. The van der Waals surface area contributed by atoms with E-state index in [-0.39, 0.29) is 42.5 Å². The van der Waals surface area contributed by atoms with E-state index in [9.17, 15) is 13.2 Å². The van der Waals surface area contributed by atoms with E-state index >= 15 is 4.39 Å². The van der Waals surface area contributed by atoms with Crippen LogP contribution in [0.15, 0.2) is 47.4 Å². The topological polar surface area (TPSA) is 66.9 Å². The van der Waals surface area contributed by atoms with Crippen molar-refractivity contribution in [3.05, 3.63) is 53.6 Å². The largest absolute Gasteiger partial charge is 0.381 e. The third-order valence-electron chi connectivity index (χ3n) is 6.57. The number of sulfonamides is 1. The predicted octanol–water partition coefficient (Wildman–Crippen LogP) is 4.51. The molecule has 0 unspecified atom stereocenters. The summed E-state index contributed by atoms with van der Waals surface area (Å²) in [6.45, 7) is 7.00. The summed E-state index contributed by atoms with van der Waals surface area (Å²) in [5.74, 6) is -0.0883. The Balaban J connectivity index is 1.64. The lowest BCUT2D eigenvalue weighted by Gasteiger charge is -2.33. The number of amides is 1. The number of halogens is 1. The number of hydrogen-bond donors (Lipinski definition) is 0. The van der Waals surface area contributed by atoms with Gasteiger partial charge in [-0.2, -0.15) is 0 Å². The molecular weight excluding hydrogens is 455 g/mol. The molecule has 8 heteroatoms. The van der Waals surface area contributed by atoms with Gasteiger partial charge in [-0.1, -0.05) is 32.9 Å². The average Bonchev–Trinajstić information content (AvgIpc) is 3.11. The Morgan fingerprint density at radius 3 is 2.41 bits per heavy atom. The van der Waals surface area contributed by atoms with Gasteiger partial charge in [0.1, 0.15) is 5.67 Å². The zero-order chi connectivity index (χ0) is 24.5. The Kier molecular flexibility index (Phi) is 7.01. The van der Waals surface area contributed by atoms with Crippen LogP contribution in [-0.4, -0.2) is 46.3 Å². The van der Waals surface area contributed by atoms with Crippen molar-refractivity contribution in [1.29, 1.82) is 0 Å². The summed E-state index contributed by atoms with van der Waals surface area (Å²) in [6.07, 6.45) is 1.44. The summed E-state index contributed by atoms with van der Waals surface area (Å²) in [7, 11) is -3.85. The molecule has 0 bridgehead atoms. The molecule has 2 heterocycles. The van der Waals surface area contributed by atoms with Crippen LogP contribution >= 0.6 is 0 Å². The first-order valence-electron chi connectivity index (χ1n) is 11.9. The monoisotopic (exact) mass is 488 g/mol. The molecule has 1 fully saturated rings. The molecule has 1 saturated heterocycles. The smallest absolute Gasteiger partial charge is 0.264 e. The van der Waals surface area contributed by atoms with E-state index in [0.717, 1.165) is 12.0 Å². The van der Waals surface area contributed by atoms with Gasteiger partial charge < -0.3 is 9.64 Å². The normalized spacial score (nSPS) is 17.8. The van der Waals surface area contributed by atoms with Crippen LogP contribution in [0.25, 0.3) is 0 Å². The standard InChI is InChI=1S/C26H33FN2O4S/c1-4-20-5-7-22(8-6-20)29(17-19(2)3)34(31,32)23-9-10-24-21(15-23)16-25(30)28(24)18-26(27)11-13-33-14-12-26/h5-10,15,19H,4,11-14,16-18H2,1-3H3. The van der Waals surface area contributed by atoms with Crippen LogP contribution in [0.2, 0.25) is 0 Å². The minimum absolute atomic E-state index is 0.0302. The molecule has 0 aromatic heterocycles. The fourth-order valence-corrected chi connectivity index (χ4v) is 6.25. The van der Waals surface area contributed by atoms with E-state index in [1.54, 1.807) is 12.1 Å². The SMILES string of the molecule is CCc1ccc(N(CC(C)C)S(=O)(=O)c2ccc3c(c2)CC(=O)N3CC2(F)CCOCC2)cc1. The molecule has 6 nitrogen and oxygen atoms in total. The molecule has 0 aliphatic carbocycles. The molecule has 0 spiro atoms.